The van der Waals surface area contributed by atoms with Gasteiger partial charge in [-0.2, -0.15) is 0 Å². The molecule has 0 spiro atoms. The number of pyridine rings is 1. The second-order valence-electron chi connectivity index (χ2n) is 4.77. The lowest BCUT2D eigenvalue weighted by atomic mass is 10.1. The highest BCUT2D eigenvalue weighted by molar-refractivity contribution is 5.95. The fraction of sp³-hybridized carbons (Fsp3) is 0.417. The molecule has 17 heavy (non-hydrogen) atoms. The van der Waals surface area contributed by atoms with Crippen molar-refractivity contribution in [1.29, 1.82) is 0 Å². The van der Waals surface area contributed by atoms with Gasteiger partial charge in [0.25, 0.3) is 5.91 Å². The lowest BCUT2D eigenvalue weighted by Gasteiger charge is -2.31. The maximum atomic E-state index is 12.0. The summed E-state index contributed by atoms with van der Waals surface area (Å²) >= 11 is 0. The van der Waals surface area contributed by atoms with Crippen LogP contribution in [-0.4, -0.2) is 39.5 Å². The number of carboxylic acid groups (broad SMARTS) is 1. The molecule has 0 saturated heterocycles. The monoisotopic (exact) mass is 236 g/mol. The van der Waals surface area contributed by atoms with Crippen LogP contribution in [0, 0.1) is 0 Å². The second-order valence-corrected chi connectivity index (χ2v) is 4.77. The number of amides is 1. The number of hydrogen-bond acceptors (Lipinski definition) is 3. The van der Waals surface area contributed by atoms with Crippen LogP contribution in [0.25, 0.3) is 0 Å². The van der Waals surface area contributed by atoms with Crippen molar-refractivity contribution in [2.24, 2.45) is 0 Å². The van der Waals surface area contributed by atoms with Crippen molar-refractivity contribution in [3.8, 4) is 0 Å². The maximum Gasteiger partial charge on any atom is 0.354 e. The molecule has 0 atom stereocenters. The van der Waals surface area contributed by atoms with Gasteiger partial charge in [-0.25, -0.2) is 9.78 Å². The van der Waals surface area contributed by atoms with Gasteiger partial charge in [0, 0.05) is 18.8 Å². The van der Waals surface area contributed by atoms with E-state index in [2.05, 4.69) is 4.98 Å². The van der Waals surface area contributed by atoms with Crippen molar-refractivity contribution >= 4 is 11.9 Å². The minimum atomic E-state index is -1.10. The topological polar surface area (TPSA) is 70.5 Å². The Balaban J connectivity index is 2.95. The highest BCUT2D eigenvalue weighted by atomic mass is 16.4. The van der Waals surface area contributed by atoms with E-state index in [1.165, 1.54) is 18.3 Å². The van der Waals surface area contributed by atoms with Crippen LogP contribution in [0.2, 0.25) is 0 Å². The Morgan fingerprint density at radius 2 is 1.88 bits per heavy atom. The molecule has 0 unspecified atom stereocenters. The molecular formula is C12H16N2O3. The Morgan fingerprint density at radius 3 is 2.24 bits per heavy atom. The summed E-state index contributed by atoms with van der Waals surface area (Å²) < 4.78 is 0. The first-order valence-corrected chi connectivity index (χ1v) is 5.21. The van der Waals surface area contributed by atoms with E-state index in [-0.39, 0.29) is 17.1 Å². The van der Waals surface area contributed by atoms with Gasteiger partial charge in [0.1, 0.15) is 5.69 Å². The van der Waals surface area contributed by atoms with E-state index in [1.54, 1.807) is 11.9 Å². The average Bonchev–Trinajstić information content (AvgIpc) is 2.26. The Labute approximate surface area is 100 Å². The fourth-order valence-corrected chi connectivity index (χ4v) is 1.15. The molecule has 1 rings (SSSR count). The zero-order valence-electron chi connectivity index (χ0n) is 10.4. The lowest BCUT2D eigenvalue weighted by molar-refractivity contribution is 0.0649. The molecule has 5 nitrogen and oxygen atoms in total. The van der Waals surface area contributed by atoms with Crippen LogP contribution in [0.15, 0.2) is 18.3 Å². The minimum Gasteiger partial charge on any atom is -0.477 e. The zero-order chi connectivity index (χ0) is 13.2. The molecule has 1 aromatic heterocycles. The molecule has 1 N–H and O–H groups in total. The van der Waals surface area contributed by atoms with E-state index < -0.39 is 5.97 Å². The fourth-order valence-electron chi connectivity index (χ4n) is 1.15. The first-order chi connectivity index (χ1) is 7.73. The van der Waals surface area contributed by atoms with Gasteiger partial charge in [-0.1, -0.05) is 0 Å². The van der Waals surface area contributed by atoms with Crippen LogP contribution in [0.3, 0.4) is 0 Å². The van der Waals surface area contributed by atoms with Crippen LogP contribution in [0.4, 0.5) is 0 Å². The van der Waals surface area contributed by atoms with E-state index in [0.29, 0.717) is 5.56 Å². The molecule has 0 aromatic carbocycles. The molecule has 1 amide bonds. The van der Waals surface area contributed by atoms with Gasteiger partial charge < -0.3 is 10.0 Å². The second kappa shape index (κ2) is 4.53. The predicted octanol–water partition coefficient (Wildman–Crippen LogP) is 1.65. The lowest BCUT2D eigenvalue weighted by Crippen LogP contribution is -2.42. The quantitative estimate of drug-likeness (QED) is 0.847. The molecule has 0 saturated carbocycles. The van der Waals surface area contributed by atoms with E-state index in [9.17, 15) is 9.59 Å². The standard InChI is InChI=1S/C12H16N2O3/c1-12(2,3)14(4)10(15)8-5-6-9(11(16)17)13-7-8/h5-7H,1-4H3,(H,16,17). The molecule has 1 aromatic rings. The van der Waals surface area contributed by atoms with Gasteiger partial charge in [-0.05, 0) is 32.9 Å². The largest absolute Gasteiger partial charge is 0.477 e. The Kier molecular flexibility index (Phi) is 3.50. The van der Waals surface area contributed by atoms with E-state index in [1.807, 2.05) is 20.8 Å². The van der Waals surface area contributed by atoms with E-state index in [0.717, 1.165) is 0 Å². The van der Waals surface area contributed by atoms with Crippen LogP contribution in [0.1, 0.15) is 41.6 Å². The summed E-state index contributed by atoms with van der Waals surface area (Å²) in [6.45, 7) is 5.76. The molecule has 5 heteroatoms. The third kappa shape index (κ3) is 3.03. The Hall–Kier alpha value is -1.91. The number of rotatable bonds is 2. The van der Waals surface area contributed by atoms with Crippen molar-refractivity contribution in [3.05, 3.63) is 29.6 Å². The number of carbonyl (C=O) groups excluding carboxylic acids is 1. The molecule has 0 radical (unpaired) electrons. The molecule has 1 heterocycles. The van der Waals surface area contributed by atoms with Crippen molar-refractivity contribution in [1.82, 2.24) is 9.88 Å². The summed E-state index contributed by atoms with van der Waals surface area (Å²) in [4.78, 5) is 27.9. The van der Waals surface area contributed by atoms with E-state index >= 15 is 0 Å². The van der Waals surface area contributed by atoms with Crippen LogP contribution in [-0.2, 0) is 0 Å². The minimum absolute atomic E-state index is 0.0695. The first kappa shape index (κ1) is 13.2. The predicted molar refractivity (Wildman–Crippen MR) is 63.0 cm³/mol. The van der Waals surface area contributed by atoms with Gasteiger partial charge in [0.2, 0.25) is 0 Å². The maximum absolute atomic E-state index is 12.0. The van der Waals surface area contributed by atoms with Crippen molar-refractivity contribution in [2.75, 3.05) is 7.05 Å². The molecule has 0 aliphatic heterocycles. The molecule has 0 bridgehead atoms. The molecule has 92 valence electrons. The number of aromatic nitrogens is 1. The van der Waals surface area contributed by atoms with Crippen molar-refractivity contribution < 1.29 is 14.7 Å². The normalized spacial score (nSPS) is 11.1. The van der Waals surface area contributed by atoms with Gasteiger partial charge in [-0.15, -0.1) is 0 Å². The average molecular weight is 236 g/mol. The third-order valence-electron chi connectivity index (χ3n) is 2.54. The summed E-state index contributed by atoms with van der Waals surface area (Å²) in [5.74, 6) is -1.28. The SMILES string of the molecule is CN(C(=O)c1ccc(C(=O)O)nc1)C(C)(C)C. The number of nitrogens with zero attached hydrogens (tertiary/aromatic N) is 2. The molecule has 0 fully saturated rings. The smallest absolute Gasteiger partial charge is 0.354 e. The van der Waals surface area contributed by atoms with Gasteiger partial charge >= 0.3 is 5.97 Å². The van der Waals surface area contributed by atoms with Gasteiger partial charge in [-0.3, -0.25) is 4.79 Å². The zero-order valence-corrected chi connectivity index (χ0v) is 10.4. The molecular weight excluding hydrogens is 220 g/mol. The third-order valence-corrected chi connectivity index (χ3v) is 2.54. The highest BCUT2D eigenvalue weighted by Crippen LogP contribution is 2.14. The molecule has 0 aliphatic rings. The summed E-state index contributed by atoms with van der Waals surface area (Å²) in [5.41, 5.74) is 0.0233. The highest BCUT2D eigenvalue weighted by Gasteiger charge is 2.23. The van der Waals surface area contributed by atoms with Crippen molar-refractivity contribution in [2.45, 2.75) is 26.3 Å². The number of carboxylic acids is 1. The van der Waals surface area contributed by atoms with Crippen LogP contribution >= 0.6 is 0 Å². The number of aromatic carboxylic acids is 1. The summed E-state index contributed by atoms with van der Waals surface area (Å²) in [7, 11) is 1.70. The molecule has 0 aliphatic carbocycles. The van der Waals surface area contributed by atoms with Crippen LogP contribution < -0.4 is 0 Å². The summed E-state index contributed by atoms with van der Waals surface area (Å²) in [6.07, 6.45) is 1.29. The summed E-state index contributed by atoms with van der Waals surface area (Å²) in [5, 5.41) is 8.69. The van der Waals surface area contributed by atoms with Gasteiger partial charge in [0.05, 0.1) is 5.56 Å². The summed E-state index contributed by atoms with van der Waals surface area (Å²) in [6, 6.07) is 2.80. The number of hydrogen-bond donors (Lipinski definition) is 1. The first-order valence-electron chi connectivity index (χ1n) is 5.21. The van der Waals surface area contributed by atoms with E-state index in [4.69, 9.17) is 5.11 Å². The van der Waals surface area contributed by atoms with Crippen molar-refractivity contribution in [3.63, 3.8) is 0 Å². The Morgan fingerprint density at radius 1 is 1.29 bits per heavy atom. The number of carbonyl (C=O) groups is 2. The van der Waals surface area contributed by atoms with Crippen LogP contribution in [0.5, 0.6) is 0 Å². The van der Waals surface area contributed by atoms with Gasteiger partial charge in [0.15, 0.2) is 0 Å². The Bertz CT molecular complexity index is 432.